The molecule has 3 N–H and O–H groups in total. The molecule has 0 unspecified atom stereocenters. The summed E-state index contributed by atoms with van der Waals surface area (Å²) in [6, 6.07) is 6.75. The van der Waals surface area contributed by atoms with Gasteiger partial charge < -0.3 is 10.6 Å². The molecule has 0 fully saturated rings. The Kier molecular flexibility index (Phi) is 7.18. The Bertz CT molecular complexity index is 720. The van der Waals surface area contributed by atoms with Crippen LogP contribution in [0.2, 0.25) is 0 Å². The number of halogens is 1. The number of aromatic nitrogens is 2. The molecule has 1 aromatic heterocycles. The van der Waals surface area contributed by atoms with Crippen molar-refractivity contribution in [2.24, 2.45) is 4.99 Å². The molecule has 0 radical (unpaired) electrons. The monoisotopic (exact) mass is 359 g/mol. The first-order valence-electron chi connectivity index (χ1n) is 9.19. The molecule has 0 aliphatic heterocycles. The van der Waals surface area contributed by atoms with Crippen LogP contribution in [0.15, 0.2) is 35.5 Å². The summed E-state index contributed by atoms with van der Waals surface area (Å²) in [6.07, 6.45) is 3.86. The molecule has 6 heteroatoms. The molecular weight excluding hydrogens is 329 g/mol. The van der Waals surface area contributed by atoms with Crippen molar-refractivity contribution in [2.45, 2.75) is 46.0 Å². The maximum absolute atomic E-state index is 13.5. The van der Waals surface area contributed by atoms with Crippen molar-refractivity contribution in [1.82, 2.24) is 20.8 Å². The summed E-state index contributed by atoms with van der Waals surface area (Å²) >= 11 is 0. The lowest BCUT2D eigenvalue weighted by Gasteiger charge is -2.24. The van der Waals surface area contributed by atoms with Gasteiger partial charge in [0.1, 0.15) is 5.82 Å². The highest BCUT2D eigenvalue weighted by Gasteiger charge is 2.21. The van der Waals surface area contributed by atoms with E-state index in [2.05, 4.69) is 34.7 Å². The van der Waals surface area contributed by atoms with E-state index in [1.807, 2.05) is 26.1 Å². The zero-order valence-electron chi connectivity index (χ0n) is 16.2. The molecule has 0 atom stereocenters. The number of aryl methyl sites for hydroxylation is 2. The Balaban J connectivity index is 1.89. The van der Waals surface area contributed by atoms with Gasteiger partial charge in [-0.3, -0.25) is 10.1 Å². The third kappa shape index (κ3) is 5.86. The topological polar surface area (TPSA) is 65.1 Å². The fourth-order valence-corrected chi connectivity index (χ4v) is 2.73. The number of hydrogen-bond donors (Lipinski definition) is 3. The molecule has 0 amide bonds. The van der Waals surface area contributed by atoms with Crippen molar-refractivity contribution in [3.8, 4) is 0 Å². The number of nitrogens with zero attached hydrogens (tertiary/aromatic N) is 2. The van der Waals surface area contributed by atoms with Gasteiger partial charge in [-0.25, -0.2) is 4.39 Å². The van der Waals surface area contributed by atoms with Gasteiger partial charge in [0, 0.05) is 24.2 Å². The Morgan fingerprint density at radius 3 is 2.77 bits per heavy atom. The second-order valence-electron chi connectivity index (χ2n) is 7.14. The van der Waals surface area contributed by atoms with E-state index < -0.39 is 0 Å². The van der Waals surface area contributed by atoms with Crippen LogP contribution in [0.3, 0.4) is 0 Å². The summed E-state index contributed by atoms with van der Waals surface area (Å²) in [6.45, 7) is 10.4. The van der Waals surface area contributed by atoms with Gasteiger partial charge in [-0.2, -0.15) is 5.10 Å². The van der Waals surface area contributed by atoms with Crippen molar-refractivity contribution in [1.29, 1.82) is 0 Å². The fourth-order valence-electron chi connectivity index (χ4n) is 2.73. The van der Waals surface area contributed by atoms with Gasteiger partial charge in [0.25, 0.3) is 0 Å². The van der Waals surface area contributed by atoms with E-state index in [0.717, 1.165) is 43.1 Å². The predicted octanol–water partition coefficient (Wildman–Crippen LogP) is 3.32. The van der Waals surface area contributed by atoms with Gasteiger partial charge in [-0.15, -0.1) is 0 Å². The lowest BCUT2D eigenvalue weighted by molar-refractivity contribution is 0.529. The van der Waals surface area contributed by atoms with Crippen LogP contribution < -0.4 is 10.6 Å². The third-order valence-electron chi connectivity index (χ3n) is 4.43. The smallest absolute Gasteiger partial charge is 0.191 e. The fraction of sp³-hybridized carbons (Fsp3) is 0.500. The normalized spacial score (nSPS) is 12.3. The van der Waals surface area contributed by atoms with Gasteiger partial charge in [0.2, 0.25) is 0 Å². The highest BCUT2D eigenvalue weighted by molar-refractivity contribution is 5.79. The summed E-state index contributed by atoms with van der Waals surface area (Å²) in [5, 5.41) is 13.7. The van der Waals surface area contributed by atoms with Crippen molar-refractivity contribution < 1.29 is 4.39 Å². The van der Waals surface area contributed by atoms with Crippen molar-refractivity contribution >= 4 is 5.96 Å². The van der Waals surface area contributed by atoms with Crippen molar-refractivity contribution in [3.05, 3.63) is 53.1 Å². The quantitative estimate of drug-likeness (QED) is 0.385. The molecule has 142 valence electrons. The summed E-state index contributed by atoms with van der Waals surface area (Å²) in [7, 11) is 0. The highest BCUT2D eigenvalue weighted by atomic mass is 19.1. The molecular formula is C20H30FN5. The first-order chi connectivity index (χ1) is 12.4. The SMILES string of the molecule is CCNC(=NCC(C)(C)c1cccc(F)c1)NCCCc1cn[nH]c1C. The molecule has 26 heavy (non-hydrogen) atoms. The number of hydrogen-bond acceptors (Lipinski definition) is 2. The van der Waals surface area contributed by atoms with E-state index in [-0.39, 0.29) is 11.2 Å². The highest BCUT2D eigenvalue weighted by Crippen LogP contribution is 2.24. The molecule has 0 bridgehead atoms. The maximum Gasteiger partial charge on any atom is 0.191 e. The molecule has 1 aromatic carbocycles. The number of nitrogens with one attached hydrogen (secondary N) is 3. The van der Waals surface area contributed by atoms with E-state index in [1.54, 1.807) is 12.1 Å². The minimum atomic E-state index is -0.238. The number of rotatable bonds is 8. The van der Waals surface area contributed by atoms with Crippen LogP contribution >= 0.6 is 0 Å². The maximum atomic E-state index is 13.5. The number of guanidine groups is 1. The van der Waals surface area contributed by atoms with Gasteiger partial charge in [0.15, 0.2) is 5.96 Å². The van der Waals surface area contributed by atoms with E-state index in [9.17, 15) is 4.39 Å². The van der Waals surface area contributed by atoms with Gasteiger partial charge in [-0.1, -0.05) is 26.0 Å². The third-order valence-corrected chi connectivity index (χ3v) is 4.43. The van der Waals surface area contributed by atoms with Gasteiger partial charge >= 0.3 is 0 Å². The Morgan fingerprint density at radius 2 is 2.12 bits per heavy atom. The predicted molar refractivity (Wildman–Crippen MR) is 105 cm³/mol. The summed E-state index contributed by atoms with van der Waals surface area (Å²) in [5.74, 6) is 0.583. The van der Waals surface area contributed by atoms with Gasteiger partial charge in [-0.05, 0) is 49.9 Å². The van der Waals surface area contributed by atoms with Crippen LogP contribution in [-0.2, 0) is 11.8 Å². The standard InChI is InChI=1S/C20H30FN5/c1-5-22-19(23-11-7-8-16-13-25-26-15(16)2)24-14-20(3,4)17-9-6-10-18(21)12-17/h6,9-10,12-13H,5,7-8,11,14H2,1-4H3,(H,25,26)(H2,22,23,24). The molecule has 2 aromatic rings. The van der Waals surface area contributed by atoms with Gasteiger partial charge in [0.05, 0.1) is 12.7 Å². The van der Waals surface area contributed by atoms with Crippen LogP contribution in [0.1, 0.15) is 44.0 Å². The van der Waals surface area contributed by atoms with Crippen LogP contribution in [0.4, 0.5) is 4.39 Å². The molecule has 0 spiro atoms. The molecule has 2 rings (SSSR count). The van der Waals surface area contributed by atoms with Crippen LogP contribution in [0, 0.1) is 12.7 Å². The number of aromatic amines is 1. The summed E-state index contributed by atoms with van der Waals surface area (Å²) in [4.78, 5) is 4.70. The lowest BCUT2D eigenvalue weighted by Crippen LogP contribution is -2.39. The van der Waals surface area contributed by atoms with E-state index in [4.69, 9.17) is 4.99 Å². The molecule has 0 aliphatic rings. The average Bonchev–Trinajstić information content (AvgIpc) is 3.01. The molecule has 5 nitrogen and oxygen atoms in total. The Labute approximate surface area is 155 Å². The molecule has 0 saturated carbocycles. The summed E-state index contributed by atoms with van der Waals surface area (Å²) < 4.78 is 13.5. The largest absolute Gasteiger partial charge is 0.357 e. The van der Waals surface area contributed by atoms with Crippen molar-refractivity contribution in [2.75, 3.05) is 19.6 Å². The minimum absolute atomic E-state index is 0.209. The lowest BCUT2D eigenvalue weighted by atomic mass is 9.85. The second-order valence-corrected chi connectivity index (χ2v) is 7.14. The number of H-pyrrole nitrogens is 1. The van der Waals surface area contributed by atoms with Crippen LogP contribution in [0.5, 0.6) is 0 Å². The average molecular weight is 359 g/mol. The summed E-state index contributed by atoms with van der Waals surface area (Å²) in [5.41, 5.74) is 3.09. The molecule has 0 aliphatic carbocycles. The van der Waals surface area contributed by atoms with E-state index >= 15 is 0 Å². The first-order valence-corrected chi connectivity index (χ1v) is 9.19. The minimum Gasteiger partial charge on any atom is -0.357 e. The zero-order valence-corrected chi connectivity index (χ0v) is 16.2. The number of benzene rings is 1. The number of aliphatic imine (C=N–C) groups is 1. The first kappa shape index (κ1) is 19.9. The van der Waals surface area contributed by atoms with Crippen LogP contribution in [0.25, 0.3) is 0 Å². The van der Waals surface area contributed by atoms with Crippen LogP contribution in [-0.4, -0.2) is 35.8 Å². The molecule has 0 saturated heterocycles. The zero-order chi connectivity index (χ0) is 19.0. The van der Waals surface area contributed by atoms with E-state index in [1.165, 1.54) is 11.6 Å². The van der Waals surface area contributed by atoms with E-state index in [0.29, 0.717) is 6.54 Å². The molecule has 1 heterocycles. The Morgan fingerprint density at radius 1 is 1.31 bits per heavy atom. The van der Waals surface area contributed by atoms with Crippen molar-refractivity contribution in [3.63, 3.8) is 0 Å². The second kappa shape index (κ2) is 9.36. The Hall–Kier alpha value is -2.37.